The predicted molar refractivity (Wildman–Crippen MR) is 207 cm³/mol. The van der Waals surface area contributed by atoms with Gasteiger partial charge < -0.3 is 10.2 Å². The van der Waals surface area contributed by atoms with E-state index in [0.29, 0.717) is 11.8 Å². The first kappa shape index (κ1) is 30.6. The number of hydrogen-bond donors (Lipinski definition) is 2. The molecule has 1 heterocycles. The smallest absolute Gasteiger partial charge is 0.143 e. The minimum absolute atomic E-state index is 0.0433. The minimum Gasteiger partial charge on any atom is -0.488 e. The van der Waals surface area contributed by atoms with E-state index >= 15 is 0 Å². The van der Waals surface area contributed by atoms with E-state index in [1.807, 2.05) is 18.2 Å². The summed E-state index contributed by atoms with van der Waals surface area (Å²) in [7, 11) is 0. The maximum Gasteiger partial charge on any atom is 0.143 e. The van der Waals surface area contributed by atoms with Crippen LogP contribution in [-0.2, 0) is 0 Å². The van der Waals surface area contributed by atoms with Gasteiger partial charge in [0.15, 0.2) is 0 Å². The Hall–Kier alpha value is -5.45. The highest BCUT2D eigenvalue weighted by Crippen LogP contribution is 2.53. The van der Waals surface area contributed by atoms with Crippen molar-refractivity contribution in [2.75, 3.05) is 0 Å². The van der Waals surface area contributed by atoms with Crippen molar-refractivity contribution in [3.63, 3.8) is 0 Å². The Bertz CT molecular complexity index is 2300. The van der Waals surface area contributed by atoms with Gasteiger partial charge in [0.05, 0.1) is 6.04 Å². The quantitative estimate of drug-likeness (QED) is 0.0619. The minimum atomic E-state index is -0.251. The van der Waals surface area contributed by atoms with Crippen LogP contribution >= 0.6 is 0 Å². The third kappa shape index (κ3) is 5.60. The number of ether oxygens (including phenoxy) is 1. The Balaban J connectivity index is 1.16. The number of fused-ring (bicyclic) bond motifs is 5. The highest BCUT2D eigenvalue weighted by atomic mass is 16.5. The lowest BCUT2D eigenvalue weighted by atomic mass is 9.76. The number of nitrogens with zero attached hydrogens (tertiary/aromatic N) is 1. The van der Waals surface area contributed by atoms with Crippen molar-refractivity contribution in [2.24, 2.45) is 10.8 Å². The molecule has 50 heavy (non-hydrogen) atoms. The molecule has 3 aliphatic rings. The summed E-state index contributed by atoms with van der Waals surface area (Å²) in [6, 6.07) is 45.7. The molecule has 0 amide bonds. The number of benzene rings is 6. The molecule has 6 aromatic rings. The van der Waals surface area contributed by atoms with Crippen molar-refractivity contribution in [1.29, 1.82) is 0 Å². The number of hydrogen-bond acceptors (Lipinski definition) is 3. The second-order valence-corrected chi connectivity index (χ2v) is 13.9. The fourth-order valence-corrected chi connectivity index (χ4v) is 8.44. The monoisotopic (exact) mass is 651 g/mol. The summed E-state index contributed by atoms with van der Waals surface area (Å²) in [5, 5.41) is 4.98. The molecule has 0 saturated heterocycles. The standard InChI is InChI=1S/C46H41N3O/c47-49-46(33-14-5-2-6-15-33)48-44(37-26-23-32-21-24-35(28-38(32)29-37)30-11-3-1-4-12-30)40-18-10-20-42-43(40)41-19-9-17-39(45(41)50-42)36-25-22-31-13-7-8-16-34(31)27-36/h1-3,5-9,13-19,21-30,42-44H,4,10-12,20,47H2,(H,48,49). The van der Waals surface area contributed by atoms with Gasteiger partial charge in [0.25, 0.3) is 0 Å². The van der Waals surface area contributed by atoms with Crippen LogP contribution in [0.1, 0.15) is 72.2 Å². The first-order valence-corrected chi connectivity index (χ1v) is 18.0. The predicted octanol–water partition coefficient (Wildman–Crippen LogP) is 10.7. The van der Waals surface area contributed by atoms with E-state index in [0.717, 1.165) is 48.1 Å². The van der Waals surface area contributed by atoms with Gasteiger partial charge in [-0.25, -0.2) is 5.84 Å². The Kier molecular flexibility index (Phi) is 8.02. The summed E-state index contributed by atoms with van der Waals surface area (Å²) < 4.78 is 6.96. The van der Waals surface area contributed by atoms with Gasteiger partial charge in [-0.05, 0) is 94.0 Å². The molecule has 246 valence electrons. The first-order valence-electron chi connectivity index (χ1n) is 18.0. The summed E-state index contributed by atoms with van der Waals surface area (Å²) in [5.74, 6) is 8.55. The average molecular weight is 652 g/mol. The summed E-state index contributed by atoms with van der Waals surface area (Å²) in [5.41, 5.74) is 11.3. The molecule has 3 N–H and O–H groups in total. The van der Waals surface area contributed by atoms with Crippen molar-refractivity contribution in [3.8, 4) is 16.9 Å². The van der Waals surface area contributed by atoms with Gasteiger partial charge in [-0.3, -0.25) is 4.99 Å². The van der Waals surface area contributed by atoms with Gasteiger partial charge in [0.1, 0.15) is 17.7 Å². The number of nitrogens with one attached hydrogen (secondary N) is 1. The molecule has 4 unspecified atom stereocenters. The molecule has 4 nitrogen and oxygen atoms in total. The first-order chi connectivity index (χ1) is 24.7. The van der Waals surface area contributed by atoms with E-state index in [1.165, 1.54) is 50.2 Å². The third-order valence-corrected chi connectivity index (χ3v) is 11.0. The van der Waals surface area contributed by atoms with Crippen LogP contribution in [0.25, 0.3) is 32.7 Å². The van der Waals surface area contributed by atoms with Crippen LogP contribution in [-0.4, -0.2) is 11.9 Å². The Labute approximate surface area is 294 Å². The fourth-order valence-electron chi connectivity index (χ4n) is 8.44. The zero-order valence-electron chi connectivity index (χ0n) is 28.1. The highest BCUT2D eigenvalue weighted by molar-refractivity contribution is 5.98. The molecule has 6 aromatic carbocycles. The third-order valence-electron chi connectivity index (χ3n) is 11.0. The van der Waals surface area contributed by atoms with Crippen LogP contribution in [0, 0.1) is 0 Å². The number of aliphatic imine (C=N–C) groups is 1. The number of para-hydroxylation sites is 1. The second kappa shape index (κ2) is 13.1. The summed E-state index contributed by atoms with van der Waals surface area (Å²) in [6.07, 6.45) is 12.5. The molecule has 4 heteroatoms. The van der Waals surface area contributed by atoms with E-state index in [-0.39, 0.29) is 18.1 Å². The lowest BCUT2D eigenvalue weighted by molar-refractivity contribution is 0.198. The molecule has 1 aliphatic heterocycles. The van der Waals surface area contributed by atoms with Crippen molar-refractivity contribution < 1.29 is 4.74 Å². The highest BCUT2D eigenvalue weighted by Gasteiger charge is 2.42. The zero-order chi connectivity index (χ0) is 33.4. The summed E-state index contributed by atoms with van der Waals surface area (Å²) in [4.78, 5) is 5.47. The van der Waals surface area contributed by atoms with Gasteiger partial charge >= 0.3 is 0 Å². The maximum absolute atomic E-state index is 6.96. The second-order valence-electron chi connectivity index (χ2n) is 13.9. The van der Waals surface area contributed by atoms with Crippen LogP contribution in [0.5, 0.6) is 5.75 Å². The van der Waals surface area contributed by atoms with Gasteiger partial charge in [-0.1, -0.05) is 133 Å². The molecule has 0 fully saturated rings. The summed E-state index contributed by atoms with van der Waals surface area (Å²) in [6.45, 7) is 0. The van der Waals surface area contributed by atoms with Crippen LogP contribution < -0.4 is 16.0 Å². The fraction of sp³-hybridized carbons (Fsp3) is 0.196. The molecule has 0 aromatic heterocycles. The van der Waals surface area contributed by atoms with Crippen molar-refractivity contribution in [1.82, 2.24) is 5.43 Å². The lowest BCUT2D eigenvalue weighted by Gasteiger charge is -2.31. The van der Waals surface area contributed by atoms with Crippen molar-refractivity contribution in [3.05, 3.63) is 173 Å². The zero-order valence-corrected chi connectivity index (χ0v) is 28.1. The molecule has 9 rings (SSSR count). The van der Waals surface area contributed by atoms with E-state index in [4.69, 9.17) is 15.6 Å². The molecular formula is C46H41N3O. The van der Waals surface area contributed by atoms with Crippen molar-refractivity contribution in [2.45, 2.75) is 56.1 Å². The molecule has 0 saturated carbocycles. The van der Waals surface area contributed by atoms with Gasteiger partial charge in [-0.2, -0.15) is 0 Å². The largest absolute Gasteiger partial charge is 0.488 e. The SMILES string of the molecule is NNC(=NC(C1=CCCC2Oc3c(-c4ccc5ccccc5c4)cccc3C12)c1ccc2ccc(C3CC=CCC3)cc2c1)c1ccccc1. The topological polar surface area (TPSA) is 59.6 Å². The summed E-state index contributed by atoms with van der Waals surface area (Å²) >= 11 is 0. The van der Waals surface area contributed by atoms with Gasteiger partial charge in [0.2, 0.25) is 0 Å². The number of rotatable bonds is 6. The average Bonchev–Trinajstić information content (AvgIpc) is 3.58. The number of amidine groups is 1. The lowest BCUT2D eigenvalue weighted by Crippen LogP contribution is -2.32. The number of allylic oxidation sites excluding steroid dienone is 3. The van der Waals surface area contributed by atoms with Crippen LogP contribution in [0.15, 0.2) is 156 Å². The van der Waals surface area contributed by atoms with Crippen LogP contribution in [0.2, 0.25) is 0 Å². The van der Waals surface area contributed by atoms with E-state index in [2.05, 4.69) is 133 Å². The molecule has 4 atom stereocenters. The Morgan fingerprint density at radius 3 is 2.40 bits per heavy atom. The van der Waals surface area contributed by atoms with Crippen LogP contribution in [0.4, 0.5) is 0 Å². The van der Waals surface area contributed by atoms with Crippen molar-refractivity contribution >= 4 is 27.4 Å². The Morgan fingerprint density at radius 2 is 1.54 bits per heavy atom. The Morgan fingerprint density at radius 1 is 0.720 bits per heavy atom. The molecular weight excluding hydrogens is 611 g/mol. The maximum atomic E-state index is 6.96. The van der Waals surface area contributed by atoms with E-state index in [9.17, 15) is 0 Å². The van der Waals surface area contributed by atoms with Gasteiger partial charge in [-0.15, -0.1) is 0 Å². The van der Waals surface area contributed by atoms with E-state index in [1.54, 1.807) is 0 Å². The van der Waals surface area contributed by atoms with Gasteiger partial charge in [0, 0.05) is 22.6 Å². The molecule has 0 radical (unpaired) electrons. The molecule has 2 aliphatic carbocycles. The molecule has 0 spiro atoms. The van der Waals surface area contributed by atoms with E-state index < -0.39 is 0 Å². The number of hydrazine groups is 1. The number of nitrogens with two attached hydrogens (primary N) is 1. The van der Waals surface area contributed by atoms with Crippen LogP contribution in [0.3, 0.4) is 0 Å². The molecule has 0 bridgehead atoms. The normalized spacial score (nSPS) is 20.5.